The Morgan fingerprint density at radius 3 is 2.58 bits per heavy atom. The number of hydrogen-bond donors (Lipinski definition) is 1. The van der Waals surface area contributed by atoms with E-state index >= 15 is 0 Å². The molecule has 1 fully saturated rings. The molecule has 1 saturated heterocycles. The van der Waals surface area contributed by atoms with Crippen LogP contribution in [0.3, 0.4) is 0 Å². The Balaban J connectivity index is 1.70. The van der Waals surface area contributed by atoms with E-state index in [4.69, 9.17) is 23.7 Å². The van der Waals surface area contributed by atoms with Crippen molar-refractivity contribution in [2.24, 2.45) is 0 Å². The van der Waals surface area contributed by atoms with Gasteiger partial charge < -0.3 is 23.7 Å². The highest BCUT2D eigenvalue weighted by Gasteiger charge is 2.36. The molecule has 2 amide bonds. The van der Waals surface area contributed by atoms with Gasteiger partial charge in [-0.25, -0.2) is 4.79 Å². The number of aromatic carboxylic acids is 1. The topological polar surface area (TPSA) is 133 Å². The number of carboxylic acids is 1. The molecule has 1 aromatic heterocycles. The van der Waals surface area contributed by atoms with E-state index in [0.717, 1.165) is 16.7 Å². The Labute approximate surface area is 193 Å². The van der Waals surface area contributed by atoms with E-state index in [1.807, 2.05) is 0 Å². The van der Waals surface area contributed by atoms with Crippen LogP contribution in [-0.2, 0) is 20.9 Å². The van der Waals surface area contributed by atoms with E-state index in [9.17, 15) is 19.2 Å². The minimum absolute atomic E-state index is 0.0195. The predicted molar refractivity (Wildman–Crippen MR) is 117 cm³/mol. The van der Waals surface area contributed by atoms with Gasteiger partial charge in [-0.15, -0.1) is 0 Å². The summed E-state index contributed by atoms with van der Waals surface area (Å²) in [6, 6.07) is 7.70. The molecule has 11 heteroatoms. The third kappa shape index (κ3) is 5.95. The second-order valence-corrected chi connectivity index (χ2v) is 8.07. The standard InChI is InChI=1S/C22H21NO9S/c1-12(2)31-19(24)10-23-20(25)18(33-22(23)28)9-13-4-6-15(17(8-13)29-3)30-11-14-5-7-16(32-14)21(26)27/h4-9,12H,10-11H2,1-3H3,(H,26,27). The first-order valence-electron chi connectivity index (χ1n) is 9.75. The smallest absolute Gasteiger partial charge is 0.371 e. The van der Waals surface area contributed by atoms with Crippen LogP contribution < -0.4 is 9.47 Å². The fraction of sp³-hybridized carbons (Fsp3) is 0.273. The second-order valence-electron chi connectivity index (χ2n) is 7.08. The van der Waals surface area contributed by atoms with Crippen molar-refractivity contribution in [3.8, 4) is 11.5 Å². The summed E-state index contributed by atoms with van der Waals surface area (Å²) in [5, 5.41) is 8.35. The maximum absolute atomic E-state index is 12.6. The first-order chi connectivity index (χ1) is 15.7. The van der Waals surface area contributed by atoms with Crippen LogP contribution in [0.1, 0.15) is 35.7 Å². The SMILES string of the molecule is COc1cc(C=C2SC(=O)N(CC(=O)OC(C)C)C2=O)ccc1OCc1ccc(C(=O)O)o1. The molecule has 0 radical (unpaired) electrons. The number of amides is 2. The number of benzene rings is 1. The molecular formula is C22H21NO9S. The highest BCUT2D eigenvalue weighted by atomic mass is 32.2. The van der Waals surface area contributed by atoms with Crippen LogP contribution in [0.5, 0.6) is 11.5 Å². The number of imide groups is 1. The molecular weight excluding hydrogens is 454 g/mol. The van der Waals surface area contributed by atoms with Crippen LogP contribution in [-0.4, -0.2) is 52.8 Å². The zero-order chi connectivity index (χ0) is 24.1. The molecule has 1 aliphatic rings. The fourth-order valence-electron chi connectivity index (χ4n) is 2.83. The maximum atomic E-state index is 12.6. The zero-order valence-electron chi connectivity index (χ0n) is 18.0. The van der Waals surface area contributed by atoms with E-state index in [0.29, 0.717) is 22.8 Å². The Bertz CT molecular complexity index is 1120. The largest absolute Gasteiger partial charge is 0.493 e. The number of esters is 1. The van der Waals surface area contributed by atoms with E-state index in [1.165, 1.54) is 25.3 Å². The van der Waals surface area contributed by atoms with Gasteiger partial charge in [-0.05, 0) is 61.5 Å². The molecule has 1 N–H and O–H groups in total. The quantitative estimate of drug-likeness (QED) is 0.424. The number of carbonyl (C=O) groups is 4. The molecule has 1 aliphatic heterocycles. The van der Waals surface area contributed by atoms with Crippen molar-refractivity contribution in [1.82, 2.24) is 4.90 Å². The summed E-state index contributed by atoms with van der Waals surface area (Å²) >= 11 is 0.726. The van der Waals surface area contributed by atoms with Crippen LogP contribution in [0.15, 0.2) is 39.7 Å². The lowest BCUT2D eigenvalue weighted by atomic mass is 10.2. The van der Waals surface area contributed by atoms with Crippen LogP contribution in [0.4, 0.5) is 4.79 Å². The molecule has 1 aromatic carbocycles. The average Bonchev–Trinajstić information content (AvgIpc) is 3.33. The molecule has 0 unspecified atom stereocenters. The van der Waals surface area contributed by atoms with Crippen LogP contribution in [0, 0.1) is 0 Å². The molecule has 0 spiro atoms. The number of carbonyl (C=O) groups excluding carboxylic acids is 3. The Morgan fingerprint density at radius 1 is 1.18 bits per heavy atom. The Morgan fingerprint density at radius 2 is 1.94 bits per heavy atom. The van der Waals surface area contributed by atoms with Gasteiger partial charge in [0.15, 0.2) is 11.5 Å². The van der Waals surface area contributed by atoms with Gasteiger partial charge in [-0.3, -0.25) is 19.3 Å². The van der Waals surface area contributed by atoms with Crippen LogP contribution >= 0.6 is 11.8 Å². The zero-order valence-corrected chi connectivity index (χ0v) is 18.8. The van der Waals surface area contributed by atoms with Gasteiger partial charge in [0.25, 0.3) is 11.1 Å². The highest BCUT2D eigenvalue weighted by molar-refractivity contribution is 8.18. The summed E-state index contributed by atoms with van der Waals surface area (Å²) < 4.78 is 21.1. The predicted octanol–water partition coefficient (Wildman–Crippen LogP) is 3.55. The number of thioether (sulfide) groups is 1. The Kier molecular flexibility index (Phi) is 7.44. The number of furan rings is 1. The van der Waals surface area contributed by atoms with Crippen molar-refractivity contribution in [2.75, 3.05) is 13.7 Å². The molecule has 2 aromatic rings. The van der Waals surface area contributed by atoms with E-state index in [-0.39, 0.29) is 23.4 Å². The van der Waals surface area contributed by atoms with Gasteiger partial charge in [0, 0.05) is 0 Å². The number of ether oxygens (including phenoxy) is 3. The molecule has 0 bridgehead atoms. The van der Waals surface area contributed by atoms with E-state index < -0.39 is 29.6 Å². The highest BCUT2D eigenvalue weighted by Crippen LogP contribution is 2.34. The van der Waals surface area contributed by atoms with Crippen molar-refractivity contribution in [3.63, 3.8) is 0 Å². The minimum Gasteiger partial charge on any atom is -0.493 e. The number of carboxylic acid groups (broad SMARTS) is 1. The van der Waals surface area contributed by atoms with Crippen molar-refractivity contribution < 1.29 is 42.9 Å². The van der Waals surface area contributed by atoms with Crippen LogP contribution in [0.25, 0.3) is 6.08 Å². The van der Waals surface area contributed by atoms with Crippen molar-refractivity contribution in [2.45, 2.75) is 26.6 Å². The third-order valence-electron chi connectivity index (χ3n) is 4.26. The number of nitrogens with zero attached hydrogens (tertiary/aromatic N) is 1. The van der Waals surface area contributed by atoms with Crippen molar-refractivity contribution >= 4 is 40.9 Å². The second kappa shape index (κ2) is 10.3. The number of hydrogen-bond acceptors (Lipinski definition) is 9. The van der Waals surface area contributed by atoms with Gasteiger partial charge in [-0.2, -0.15) is 0 Å². The van der Waals surface area contributed by atoms with Crippen molar-refractivity contribution in [3.05, 3.63) is 52.3 Å². The van der Waals surface area contributed by atoms with Gasteiger partial charge in [0.2, 0.25) is 5.76 Å². The summed E-state index contributed by atoms with van der Waals surface area (Å²) in [5.41, 5.74) is 0.570. The molecule has 2 heterocycles. The fourth-order valence-corrected chi connectivity index (χ4v) is 3.67. The third-order valence-corrected chi connectivity index (χ3v) is 5.16. The van der Waals surface area contributed by atoms with Crippen molar-refractivity contribution in [1.29, 1.82) is 0 Å². The number of rotatable bonds is 9. The number of methoxy groups -OCH3 is 1. The summed E-state index contributed by atoms with van der Waals surface area (Å²) in [7, 11) is 1.44. The monoisotopic (exact) mass is 475 g/mol. The van der Waals surface area contributed by atoms with E-state index in [1.54, 1.807) is 32.0 Å². The first-order valence-corrected chi connectivity index (χ1v) is 10.6. The van der Waals surface area contributed by atoms with Gasteiger partial charge in [-0.1, -0.05) is 6.07 Å². The molecule has 174 valence electrons. The Hall–Kier alpha value is -3.73. The summed E-state index contributed by atoms with van der Waals surface area (Å²) in [5.74, 6) is -1.57. The maximum Gasteiger partial charge on any atom is 0.371 e. The first kappa shape index (κ1) is 23.9. The van der Waals surface area contributed by atoms with Gasteiger partial charge >= 0.3 is 11.9 Å². The van der Waals surface area contributed by atoms with Gasteiger partial charge in [0.05, 0.1) is 18.1 Å². The summed E-state index contributed by atoms with van der Waals surface area (Å²) in [6.07, 6.45) is 1.16. The summed E-state index contributed by atoms with van der Waals surface area (Å²) in [6.45, 7) is 2.88. The molecule has 0 saturated carbocycles. The van der Waals surface area contributed by atoms with E-state index in [2.05, 4.69) is 0 Å². The lowest BCUT2D eigenvalue weighted by molar-refractivity contribution is -0.149. The lowest BCUT2D eigenvalue weighted by Crippen LogP contribution is -2.35. The lowest BCUT2D eigenvalue weighted by Gasteiger charge is -2.13. The normalized spacial score (nSPS) is 14.8. The summed E-state index contributed by atoms with van der Waals surface area (Å²) in [4.78, 5) is 48.5. The van der Waals surface area contributed by atoms with Gasteiger partial charge in [0.1, 0.15) is 18.9 Å². The molecule has 10 nitrogen and oxygen atoms in total. The minimum atomic E-state index is -1.18. The molecule has 0 atom stereocenters. The average molecular weight is 475 g/mol. The van der Waals surface area contributed by atoms with Crippen LogP contribution in [0.2, 0.25) is 0 Å². The molecule has 33 heavy (non-hydrogen) atoms. The molecule has 3 rings (SSSR count). The molecule has 0 aliphatic carbocycles.